The topological polar surface area (TPSA) is 76.6 Å². The molecule has 1 aromatic heterocycles. The van der Waals surface area contributed by atoms with Crippen LogP contribution in [0.3, 0.4) is 0 Å². The SMILES string of the molecule is COc1ccc(NC(=O)c2ccnc(N(C)c3ccccc3)n2)cc1OC. The van der Waals surface area contributed by atoms with Crippen molar-refractivity contribution in [2.24, 2.45) is 0 Å². The van der Waals surface area contributed by atoms with Crippen molar-refractivity contribution >= 4 is 23.2 Å². The molecule has 3 rings (SSSR count). The molecule has 7 heteroatoms. The van der Waals surface area contributed by atoms with Crippen molar-refractivity contribution in [3.63, 3.8) is 0 Å². The number of nitrogens with one attached hydrogen (secondary N) is 1. The smallest absolute Gasteiger partial charge is 0.274 e. The third kappa shape index (κ3) is 4.14. The van der Waals surface area contributed by atoms with Crippen molar-refractivity contribution in [3.8, 4) is 11.5 Å². The summed E-state index contributed by atoms with van der Waals surface area (Å²) < 4.78 is 10.5. The Morgan fingerprint density at radius 2 is 1.74 bits per heavy atom. The molecule has 3 aromatic rings. The van der Waals surface area contributed by atoms with E-state index in [4.69, 9.17) is 9.47 Å². The fourth-order valence-corrected chi connectivity index (χ4v) is 2.51. The highest BCUT2D eigenvalue weighted by molar-refractivity contribution is 6.03. The maximum absolute atomic E-state index is 12.6. The molecule has 0 unspecified atom stereocenters. The summed E-state index contributed by atoms with van der Waals surface area (Å²) in [5.74, 6) is 1.21. The molecule has 0 spiro atoms. The van der Waals surface area contributed by atoms with Gasteiger partial charge in [0.05, 0.1) is 14.2 Å². The average molecular weight is 364 g/mol. The second-order valence-electron chi connectivity index (χ2n) is 5.66. The number of hydrogen-bond acceptors (Lipinski definition) is 6. The van der Waals surface area contributed by atoms with E-state index in [1.165, 1.54) is 0 Å². The lowest BCUT2D eigenvalue weighted by Crippen LogP contribution is -2.18. The average Bonchev–Trinajstić information content (AvgIpc) is 2.73. The zero-order chi connectivity index (χ0) is 19.2. The number of anilines is 3. The molecular weight excluding hydrogens is 344 g/mol. The number of methoxy groups -OCH3 is 2. The van der Waals surface area contributed by atoms with E-state index in [0.717, 1.165) is 5.69 Å². The van der Waals surface area contributed by atoms with Gasteiger partial charge in [0, 0.05) is 30.7 Å². The minimum atomic E-state index is -0.340. The van der Waals surface area contributed by atoms with E-state index < -0.39 is 0 Å². The first-order chi connectivity index (χ1) is 13.1. The van der Waals surface area contributed by atoms with Gasteiger partial charge in [-0.1, -0.05) is 18.2 Å². The summed E-state index contributed by atoms with van der Waals surface area (Å²) >= 11 is 0. The van der Waals surface area contributed by atoms with Gasteiger partial charge in [-0.25, -0.2) is 9.97 Å². The molecule has 0 bridgehead atoms. The first-order valence-corrected chi connectivity index (χ1v) is 8.27. The maximum atomic E-state index is 12.6. The van der Waals surface area contributed by atoms with Gasteiger partial charge in [-0.3, -0.25) is 4.79 Å². The Kier molecular flexibility index (Phi) is 5.51. The number of benzene rings is 2. The first-order valence-electron chi connectivity index (χ1n) is 8.27. The van der Waals surface area contributed by atoms with Gasteiger partial charge in [0.25, 0.3) is 5.91 Å². The summed E-state index contributed by atoms with van der Waals surface area (Å²) in [5.41, 5.74) is 1.77. The van der Waals surface area contributed by atoms with Gasteiger partial charge in [0.2, 0.25) is 5.95 Å². The third-order valence-electron chi connectivity index (χ3n) is 3.96. The van der Waals surface area contributed by atoms with Crippen LogP contribution in [-0.2, 0) is 0 Å². The number of ether oxygens (including phenoxy) is 2. The first kappa shape index (κ1) is 18.2. The third-order valence-corrected chi connectivity index (χ3v) is 3.96. The Morgan fingerprint density at radius 3 is 2.44 bits per heavy atom. The van der Waals surface area contributed by atoms with Crippen molar-refractivity contribution in [2.75, 3.05) is 31.5 Å². The van der Waals surface area contributed by atoms with Crippen molar-refractivity contribution in [1.29, 1.82) is 0 Å². The molecule has 1 heterocycles. The molecule has 0 aliphatic heterocycles. The second kappa shape index (κ2) is 8.18. The number of nitrogens with zero attached hydrogens (tertiary/aromatic N) is 3. The van der Waals surface area contributed by atoms with Gasteiger partial charge in [-0.2, -0.15) is 0 Å². The Balaban J connectivity index is 1.80. The van der Waals surface area contributed by atoms with Crippen molar-refractivity contribution in [1.82, 2.24) is 9.97 Å². The van der Waals surface area contributed by atoms with E-state index in [1.807, 2.05) is 42.3 Å². The van der Waals surface area contributed by atoms with Gasteiger partial charge in [0.15, 0.2) is 11.5 Å². The number of hydrogen-bond donors (Lipinski definition) is 1. The van der Waals surface area contributed by atoms with Gasteiger partial charge in [-0.15, -0.1) is 0 Å². The highest BCUT2D eigenvalue weighted by Crippen LogP contribution is 2.30. The van der Waals surface area contributed by atoms with Gasteiger partial charge in [0.1, 0.15) is 5.69 Å². The predicted octanol–water partition coefficient (Wildman–Crippen LogP) is 3.51. The number of rotatable bonds is 6. The molecule has 0 atom stereocenters. The van der Waals surface area contributed by atoms with Crippen LogP contribution in [-0.4, -0.2) is 37.1 Å². The maximum Gasteiger partial charge on any atom is 0.274 e. The van der Waals surface area contributed by atoms with E-state index in [2.05, 4.69) is 15.3 Å². The van der Waals surface area contributed by atoms with Crippen LogP contribution >= 0.6 is 0 Å². The standard InChI is InChI=1S/C20H20N4O3/c1-24(15-7-5-4-6-8-15)20-21-12-11-16(23-20)19(25)22-14-9-10-17(26-2)18(13-14)27-3/h4-13H,1-3H3,(H,22,25). The number of carbonyl (C=O) groups is 1. The van der Waals surface area contributed by atoms with Crippen LogP contribution in [0.4, 0.5) is 17.3 Å². The van der Waals surface area contributed by atoms with Crippen LogP contribution in [0.2, 0.25) is 0 Å². The van der Waals surface area contributed by atoms with Crippen molar-refractivity contribution < 1.29 is 14.3 Å². The summed E-state index contributed by atoms with van der Waals surface area (Å²) in [5, 5.41) is 2.81. The number of aromatic nitrogens is 2. The second-order valence-corrected chi connectivity index (χ2v) is 5.66. The fourth-order valence-electron chi connectivity index (χ4n) is 2.51. The minimum absolute atomic E-state index is 0.262. The zero-order valence-electron chi connectivity index (χ0n) is 15.3. The summed E-state index contributed by atoms with van der Waals surface area (Å²) in [6.45, 7) is 0. The number of para-hydroxylation sites is 1. The molecule has 0 aliphatic carbocycles. The molecule has 1 amide bonds. The summed E-state index contributed by atoms with van der Waals surface area (Å²) in [4.78, 5) is 23.0. The lowest BCUT2D eigenvalue weighted by molar-refractivity contribution is 0.102. The molecule has 0 radical (unpaired) electrons. The van der Waals surface area contributed by atoms with E-state index in [1.54, 1.807) is 44.7 Å². The van der Waals surface area contributed by atoms with Crippen LogP contribution in [0.15, 0.2) is 60.8 Å². The Morgan fingerprint density at radius 1 is 1.00 bits per heavy atom. The molecular formula is C20H20N4O3. The lowest BCUT2D eigenvalue weighted by atomic mass is 10.2. The molecule has 0 fully saturated rings. The van der Waals surface area contributed by atoms with Crippen molar-refractivity contribution in [2.45, 2.75) is 0 Å². The van der Waals surface area contributed by atoms with Crippen LogP contribution in [0.1, 0.15) is 10.5 Å². The van der Waals surface area contributed by atoms with E-state index in [0.29, 0.717) is 23.1 Å². The van der Waals surface area contributed by atoms with Gasteiger partial charge >= 0.3 is 0 Å². The highest BCUT2D eigenvalue weighted by Gasteiger charge is 2.13. The molecule has 27 heavy (non-hydrogen) atoms. The largest absolute Gasteiger partial charge is 0.493 e. The molecule has 0 aliphatic rings. The summed E-state index contributed by atoms with van der Waals surface area (Å²) in [6, 6.07) is 16.4. The molecule has 7 nitrogen and oxygen atoms in total. The predicted molar refractivity (Wildman–Crippen MR) is 104 cm³/mol. The zero-order valence-corrected chi connectivity index (χ0v) is 15.3. The van der Waals surface area contributed by atoms with Crippen LogP contribution in [0.5, 0.6) is 11.5 Å². The van der Waals surface area contributed by atoms with Crippen LogP contribution in [0.25, 0.3) is 0 Å². The van der Waals surface area contributed by atoms with Gasteiger partial charge in [-0.05, 0) is 30.3 Å². The van der Waals surface area contributed by atoms with Crippen molar-refractivity contribution in [3.05, 3.63) is 66.5 Å². The van der Waals surface area contributed by atoms with E-state index in [-0.39, 0.29) is 11.6 Å². The molecule has 138 valence electrons. The fraction of sp³-hybridized carbons (Fsp3) is 0.150. The molecule has 0 saturated heterocycles. The number of amides is 1. The summed E-state index contributed by atoms with van der Waals surface area (Å²) in [6.07, 6.45) is 1.56. The Hall–Kier alpha value is -3.61. The molecule has 1 N–H and O–H groups in total. The van der Waals surface area contributed by atoms with Gasteiger partial charge < -0.3 is 19.7 Å². The van der Waals surface area contributed by atoms with Crippen LogP contribution in [0, 0.1) is 0 Å². The minimum Gasteiger partial charge on any atom is -0.493 e. The monoisotopic (exact) mass is 364 g/mol. The Bertz CT molecular complexity index is 932. The normalized spacial score (nSPS) is 10.2. The van der Waals surface area contributed by atoms with E-state index >= 15 is 0 Å². The quantitative estimate of drug-likeness (QED) is 0.721. The van der Waals surface area contributed by atoms with Crippen LogP contribution < -0.4 is 19.7 Å². The number of carbonyl (C=O) groups excluding carboxylic acids is 1. The van der Waals surface area contributed by atoms with E-state index in [9.17, 15) is 4.79 Å². The Labute approximate surface area is 157 Å². The lowest BCUT2D eigenvalue weighted by Gasteiger charge is -2.17. The highest BCUT2D eigenvalue weighted by atomic mass is 16.5. The molecule has 0 saturated carbocycles. The summed E-state index contributed by atoms with van der Waals surface area (Å²) in [7, 11) is 4.95. The molecule has 2 aromatic carbocycles.